The van der Waals surface area contributed by atoms with Gasteiger partial charge in [-0.05, 0) is 18.9 Å². The Bertz CT molecular complexity index is 263. The van der Waals surface area contributed by atoms with Crippen molar-refractivity contribution in [2.24, 2.45) is 0 Å². The van der Waals surface area contributed by atoms with E-state index in [1.807, 2.05) is 0 Å². The zero-order valence-corrected chi connectivity index (χ0v) is 9.71. The number of alkyl halides is 1. The lowest BCUT2D eigenvalue weighted by Gasteiger charge is -2.06. The lowest BCUT2D eigenvalue weighted by molar-refractivity contribution is 0.798. The van der Waals surface area contributed by atoms with Crippen molar-refractivity contribution >= 4 is 15.9 Å². The molecule has 0 spiro atoms. The molecule has 0 saturated heterocycles. The fraction of sp³-hybridized carbons (Fsp3) is 0.600. The third-order valence-corrected chi connectivity index (χ3v) is 2.99. The lowest BCUT2D eigenvalue weighted by Crippen LogP contribution is -2.04. The van der Waals surface area contributed by atoms with Crippen molar-refractivity contribution in [3.05, 3.63) is 23.8 Å². The summed E-state index contributed by atoms with van der Waals surface area (Å²) in [5.74, 6) is 0. The summed E-state index contributed by atoms with van der Waals surface area (Å²) in [6, 6.07) is 2.09. The topological polar surface area (TPSA) is 25.8 Å². The van der Waals surface area contributed by atoms with Crippen LogP contribution in [0.3, 0.4) is 0 Å². The van der Waals surface area contributed by atoms with Crippen molar-refractivity contribution in [2.45, 2.75) is 37.9 Å². The summed E-state index contributed by atoms with van der Waals surface area (Å²) in [7, 11) is 0. The molecule has 72 valence electrons. The predicted octanol–water partition coefficient (Wildman–Crippen LogP) is 2.76. The second-order valence-electron chi connectivity index (χ2n) is 3.06. The van der Waals surface area contributed by atoms with E-state index in [0.717, 1.165) is 30.7 Å². The number of hydrogen-bond donors (Lipinski definition) is 0. The first-order valence-electron chi connectivity index (χ1n) is 4.70. The summed E-state index contributed by atoms with van der Waals surface area (Å²) in [6.45, 7) is 4.28. The van der Waals surface area contributed by atoms with Crippen LogP contribution < -0.4 is 0 Å². The normalized spacial score (nSPS) is 12.8. The Hall–Kier alpha value is -0.440. The summed E-state index contributed by atoms with van der Waals surface area (Å²) in [4.78, 5) is 8.93. The summed E-state index contributed by atoms with van der Waals surface area (Å²) in [5, 5.41) is 0. The molecule has 0 fully saturated rings. The van der Waals surface area contributed by atoms with Crippen molar-refractivity contribution in [1.82, 2.24) is 9.97 Å². The molecule has 13 heavy (non-hydrogen) atoms. The summed E-state index contributed by atoms with van der Waals surface area (Å²) < 4.78 is 0. The molecule has 3 heteroatoms. The van der Waals surface area contributed by atoms with E-state index in [-0.39, 0.29) is 0 Å². The number of halogens is 1. The first-order valence-corrected chi connectivity index (χ1v) is 5.61. The molecule has 0 radical (unpaired) electrons. The molecule has 0 amide bonds. The first kappa shape index (κ1) is 10.6. The van der Waals surface area contributed by atoms with Gasteiger partial charge in [0.05, 0.1) is 0 Å². The van der Waals surface area contributed by atoms with Crippen molar-refractivity contribution in [3.8, 4) is 0 Å². The molecule has 1 heterocycles. The van der Waals surface area contributed by atoms with Gasteiger partial charge in [-0.1, -0.05) is 29.8 Å². The molecule has 1 aromatic rings. The molecule has 0 N–H and O–H groups in total. The van der Waals surface area contributed by atoms with Crippen molar-refractivity contribution in [1.29, 1.82) is 0 Å². The number of aromatic nitrogens is 2. The molecule has 0 aromatic carbocycles. The predicted molar refractivity (Wildman–Crippen MR) is 58.1 cm³/mol. The Balaban J connectivity index is 2.66. The third kappa shape index (κ3) is 3.43. The van der Waals surface area contributed by atoms with Crippen LogP contribution in [0.1, 0.15) is 31.7 Å². The molecule has 1 atom stereocenters. The van der Waals surface area contributed by atoms with E-state index in [1.165, 1.54) is 0 Å². The van der Waals surface area contributed by atoms with Gasteiger partial charge in [0.2, 0.25) is 0 Å². The zero-order valence-electron chi connectivity index (χ0n) is 8.13. The lowest BCUT2D eigenvalue weighted by atomic mass is 10.1. The number of nitrogens with zero attached hydrogens (tertiary/aromatic N) is 2. The molecule has 1 aromatic heterocycles. The van der Waals surface area contributed by atoms with Crippen molar-refractivity contribution in [3.63, 3.8) is 0 Å². The zero-order chi connectivity index (χ0) is 9.68. The van der Waals surface area contributed by atoms with Gasteiger partial charge in [-0.2, -0.15) is 0 Å². The molecule has 1 rings (SSSR count). The minimum Gasteiger partial charge on any atom is -0.241 e. The molecule has 1 unspecified atom stereocenters. The van der Waals surface area contributed by atoms with Crippen molar-refractivity contribution in [2.75, 3.05) is 0 Å². The van der Waals surface area contributed by atoms with E-state index in [2.05, 4.69) is 45.8 Å². The summed E-state index contributed by atoms with van der Waals surface area (Å²) in [5.41, 5.74) is 2.26. The molecular formula is C10H15BrN2. The Kier molecular flexibility index (Phi) is 4.36. The second-order valence-corrected chi connectivity index (χ2v) is 4.36. The van der Waals surface area contributed by atoms with Gasteiger partial charge in [-0.3, -0.25) is 0 Å². The molecule has 2 nitrogen and oxygen atoms in total. The first-order chi connectivity index (χ1) is 6.26. The maximum Gasteiger partial charge on any atom is 0.115 e. The minimum atomic E-state index is 0.534. The van der Waals surface area contributed by atoms with Crippen molar-refractivity contribution < 1.29 is 0 Å². The van der Waals surface area contributed by atoms with Gasteiger partial charge in [0, 0.05) is 22.6 Å². The second kappa shape index (κ2) is 5.32. The molecule has 0 saturated carbocycles. The van der Waals surface area contributed by atoms with E-state index in [4.69, 9.17) is 0 Å². The maximum absolute atomic E-state index is 4.23. The molecule has 0 bridgehead atoms. The van der Waals surface area contributed by atoms with Crippen LogP contribution in [0.2, 0.25) is 0 Å². The van der Waals surface area contributed by atoms with Gasteiger partial charge in [0.15, 0.2) is 0 Å². The Morgan fingerprint density at radius 2 is 2.00 bits per heavy atom. The van der Waals surface area contributed by atoms with E-state index in [0.29, 0.717) is 4.83 Å². The highest BCUT2D eigenvalue weighted by Crippen LogP contribution is 2.11. The number of hydrogen-bond acceptors (Lipinski definition) is 2. The van der Waals surface area contributed by atoms with Crippen LogP contribution in [-0.2, 0) is 12.8 Å². The average molecular weight is 243 g/mol. The molecule has 0 aliphatic heterocycles. The fourth-order valence-corrected chi connectivity index (χ4v) is 1.45. The largest absolute Gasteiger partial charge is 0.241 e. The van der Waals surface area contributed by atoms with Crippen LogP contribution in [0.4, 0.5) is 0 Å². The SMILES string of the molecule is CCc1cc(CC(Br)CC)ncn1. The highest BCUT2D eigenvalue weighted by molar-refractivity contribution is 9.09. The maximum atomic E-state index is 4.23. The van der Waals surface area contributed by atoms with Crippen LogP contribution in [0.15, 0.2) is 12.4 Å². The summed E-state index contributed by atoms with van der Waals surface area (Å²) >= 11 is 3.60. The van der Waals surface area contributed by atoms with E-state index in [1.54, 1.807) is 6.33 Å². The molecule has 0 aliphatic rings. The van der Waals surface area contributed by atoms with Gasteiger partial charge in [0.25, 0.3) is 0 Å². The Morgan fingerprint density at radius 1 is 1.31 bits per heavy atom. The smallest absolute Gasteiger partial charge is 0.115 e. The monoisotopic (exact) mass is 242 g/mol. The van der Waals surface area contributed by atoms with E-state index in [9.17, 15) is 0 Å². The van der Waals surface area contributed by atoms with Crippen LogP contribution in [0, 0.1) is 0 Å². The fourth-order valence-electron chi connectivity index (χ4n) is 1.12. The molecular weight excluding hydrogens is 228 g/mol. The quantitative estimate of drug-likeness (QED) is 0.760. The highest BCUT2D eigenvalue weighted by Gasteiger charge is 2.04. The number of rotatable bonds is 4. The summed E-state index contributed by atoms with van der Waals surface area (Å²) in [6.07, 6.45) is 4.76. The molecule has 0 aliphatic carbocycles. The van der Waals surface area contributed by atoms with E-state index < -0.39 is 0 Å². The van der Waals surface area contributed by atoms with Crippen LogP contribution in [0.5, 0.6) is 0 Å². The standard InChI is InChI=1S/C10H15BrN2/c1-3-8(11)5-10-6-9(4-2)12-7-13-10/h6-8H,3-5H2,1-2H3. The van der Waals surface area contributed by atoms with Crippen LogP contribution >= 0.6 is 15.9 Å². The number of aryl methyl sites for hydroxylation is 1. The van der Waals surface area contributed by atoms with Gasteiger partial charge in [-0.15, -0.1) is 0 Å². The average Bonchev–Trinajstić information content (AvgIpc) is 2.18. The van der Waals surface area contributed by atoms with Gasteiger partial charge < -0.3 is 0 Å². The highest BCUT2D eigenvalue weighted by atomic mass is 79.9. The van der Waals surface area contributed by atoms with Gasteiger partial charge in [-0.25, -0.2) is 9.97 Å². The van der Waals surface area contributed by atoms with E-state index >= 15 is 0 Å². The van der Waals surface area contributed by atoms with Gasteiger partial charge >= 0.3 is 0 Å². The Labute approximate surface area is 87.9 Å². The van der Waals surface area contributed by atoms with Crippen LogP contribution in [-0.4, -0.2) is 14.8 Å². The van der Waals surface area contributed by atoms with Gasteiger partial charge in [0.1, 0.15) is 6.33 Å². The third-order valence-electron chi connectivity index (χ3n) is 2.02. The minimum absolute atomic E-state index is 0.534. The van der Waals surface area contributed by atoms with Crippen LogP contribution in [0.25, 0.3) is 0 Å². The Morgan fingerprint density at radius 3 is 2.62 bits per heavy atom.